The van der Waals surface area contributed by atoms with Gasteiger partial charge in [-0.3, -0.25) is 0 Å². The summed E-state index contributed by atoms with van der Waals surface area (Å²) in [4.78, 5) is 13.5. The lowest BCUT2D eigenvalue weighted by molar-refractivity contribution is 0.187. The van der Waals surface area contributed by atoms with Gasteiger partial charge in [-0.2, -0.15) is 0 Å². The van der Waals surface area contributed by atoms with Crippen LogP contribution in [0.5, 0.6) is 0 Å². The van der Waals surface area contributed by atoms with E-state index in [4.69, 9.17) is 5.14 Å². The fourth-order valence-electron chi connectivity index (χ4n) is 1.94. The summed E-state index contributed by atoms with van der Waals surface area (Å²) in [5, 5.41) is 7.85. The molecule has 1 rings (SSSR count). The van der Waals surface area contributed by atoms with Crippen molar-refractivity contribution >= 4 is 16.1 Å². The molecule has 0 aromatic rings. The molecule has 6 nitrogen and oxygen atoms in total. The van der Waals surface area contributed by atoms with Crippen molar-refractivity contribution in [1.29, 1.82) is 0 Å². The summed E-state index contributed by atoms with van der Waals surface area (Å²) < 4.78 is 22.1. The van der Waals surface area contributed by atoms with Gasteiger partial charge in [-0.05, 0) is 33.6 Å². The van der Waals surface area contributed by atoms with Gasteiger partial charge in [0.05, 0.1) is 5.75 Å². The minimum atomic E-state index is -3.54. The molecule has 0 aliphatic carbocycles. The van der Waals surface area contributed by atoms with E-state index < -0.39 is 10.0 Å². The monoisotopic (exact) mass is 263 g/mol. The molecule has 1 aliphatic rings. The van der Waals surface area contributed by atoms with E-state index in [0.717, 1.165) is 6.42 Å². The summed E-state index contributed by atoms with van der Waals surface area (Å²) in [7, 11) is -3.54. The van der Waals surface area contributed by atoms with Crippen LogP contribution in [0.25, 0.3) is 0 Å². The van der Waals surface area contributed by atoms with Crippen molar-refractivity contribution < 1.29 is 13.2 Å². The second kappa shape index (κ2) is 4.81. The molecule has 0 aromatic carbocycles. The molecule has 17 heavy (non-hydrogen) atoms. The first-order valence-corrected chi connectivity index (χ1v) is 7.39. The Balaban J connectivity index is 2.66. The molecule has 7 heteroatoms. The number of carbonyl (C=O) groups is 1. The number of urea groups is 1. The molecule has 2 amide bonds. The largest absolute Gasteiger partial charge is 0.333 e. The van der Waals surface area contributed by atoms with Gasteiger partial charge in [-0.25, -0.2) is 18.4 Å². The number of nitrogens with zero attached hydrogens (tertiary/aromatic N) is 1. The van der Waals surface area contributed by atoms with Gasteiger partial charge in [-0.15, -0.1) is 0 Å². The zero-order chi connectivity index (χ0) is 13.3. The van der Waals surface area contributed by atoms with Crippen molar-refractivity contribution in [2.24, 2.45) is 5.14 Å². The van der Waals surface area contributed by atoms with E-state index in [9.17, 15) is 13.2 Å². The minimum absolute atomic E-state index is 0.162. The summed E-state index contributed by atoms with van der Waals surface area (Å²) in [6, 6.07) is -0.518. The molecular weight excluding hydrogens is 242 g/mol. The number of rotatable bonds is 2. The summed E-state index contributed by atoms with van der Waals surface area (Å²) in [6.07, 6.45) is 1.51. The fourth-order valence-corrected chi connectivity index (χ4v) is 2.82. The summed E-state index contributed by atoms with van der Waals surface area (Å²) in [5.41, 5.74) is -0.328. The van der Waals surface area contributed by atoms with E-state index in [1.807, 2.05) is 20.8 Å². The average molecular weight is 263 g/mol. The smallest absolute Gasteiger partial charge is 0.318 e. The van der Waals surface area contributed by atoms with Crippen LogP contribution < -0.4 is 10.5 Å². The van der Waals surface area contributed by atoms with E-state index in [-0.39, 0.29) is 23.4 Å². The van der Waals surface area contributed by atoms with Crippen LogP contribution in [-0.2, 0) is 10.0 Å². The summed E-state index contributed by atoms with van der Waals surface area (Å²) in [5.74, 6) is -0.162. The first-order valence-electron chi connectivity index (χ1n) is 5.68. The molecule has 0 aromatic heterocycles. The molecule has 100 valence electrons. The normalized spacial score (nSPS) is 21.6. The lowest BCUT2D eigenvalue weighted by Gasteiger charge is -2.29. The van der Waals surface area contributed by atoms with Crippen molar-refractivity contribution in [2.45, 2.75) is 45.2 Å². The zero-order valence-corrected chi connectivity index (χ0v) is 11.4. The third-order valence-corrected chi connectivity index (χ3v) is 3.39. The van der Waals surface area contributed by atoms with E-state index >= 15 is 0 Å². The molecule has 1 heterocycles. The van der Waals surface area contributed by atoms with Crippen LogP contribution >= 0.6 is 0 Å². The van der Waals surface area contributed by atoms with Crippen LogP contribution in [0.3, 0.4) is 0 Å². The Kier molecular flexibility index (Phi) is 4.03. The lowest BCUT2D eigenvalue weighted by atomic mass is 10.1. The van der Waals surface area contributed by atoms with Crippen molar-refractivity contribution in [3.8, 4) is 0 Å². The molecule has 0 unspecified atom stereocenters. The number of carbonyl (C=O) groups excluding carboxylic acids is 1. The maximum Gasteiger partial charge on any atom is 0.318 e. The summed E-state index contributed by atoms with van der Waals surface area (Å²) in [6.45, 7) is 6.24. The van der Waals surface area contributed by atoms with E-state index in [2.05, 4.69) is 5.32 Å². The third-order valence-electron chi connectivity index (χ3n) is 2.54. The number of sulfonamides is 1. The molecule has 1 aliphatic heterocycles. The molecule has 0 spiro atoms. The highest BCUT2D eigenvalue weighted by atomic mass is 32.2. The third kappa shape index (κ3) is 4.91. The molecule has 1 atom stereocenters. The minimum Gasteiger partial charge on any atom is -0.333 e. The Labute approximate surface area is 103 Å². The molecule has 1 fully saturated rings. The van der Waals surface area contributed by atoms with Gasteiger partial charge in [0, 0.05) is 18.1 Å². The van der Waals surface area contributed by atoms with Gasteiger partial charge in [0.25, 0.3) is 0 Å². The molecule has 0 bridgehead atoms. The number of hydrogen-bond donors (Lipinski definition) is 2. The standard InChI is InChI=1S/C10H21N3O3S/c1-10(2,3)12-9(14)13-6-4-5-8(13)7-17(11,15)16/h8H,4-7H2,1-3H3,(H,12,14)(H2,11,15,16)/t8-/m0/s1. The second-order valence-electron chi connectivity index (χ2n) is 5.50. The predicted molar refractivity (Wildman–Crippen MR) is 66.0 cm³/mol. The fraction of sp³-hybridized carbons (Fsp3) is 0.900. The number of nitrogens with two attached hydrogens (primary N) is 1. The predicted octanol–water partition coefficient (Wildman–Crippen LogP) is 0.247. The van der Waals surface area contributed by atoms with Crippen molar-refractivity contribution in [3.63, 3.8) is 0 Å². The number of primary sulfonamides is 1. The number of amides is 2. The van der Waals surface area contributed by atoms with Crippen molar-refractivity contribution in [1.82, 2.24) is 10.2 Å². The first kappa shape index (κ1) is 14.2. The van der Waals surface area contributed by atoms with Crippen LogP contribution in [0.15, 0.2) is 0 Å². The van der Waals surface area contributed by atoms with Crippen molar-refractivity contribution in [2.75, 3.05) is 12.3 Å². The molecule has 0 saturated carbocycles. The van der Waals surface area contributed by atoms with Gasteiger partial charge in [0.2, 0.25) is 10.0 Å². The van der Waals surface area contributed by atoms with E-state index in [0.29, 0.717) is 13.0 Å². The van der Waals surface area contributed by atoms with Crippen LogP contribution in [-0.4, -0.2) is 43.2 Å². The SMILES string of the molecule is CC(C)(C)NC(=O)N1CCC[C@H]1CS(N)(=O)=O. The van der Waals surface area contributed by atoms with Crippen molar-refractivity contribution in [3.05, 3.63) is 0 Å². The molecule has 0 radical (unpaired) electrons. The topological polar surface area (TPSA) is 92.5 Å². The Morgan fingerprint density at radius 2 is 2.06 bits per heavy atom. The zero-order valence-electron chi connectivity index (χ0n) is 10.6. The highest BCUT2D eigenvalue weighted by Crippen LogP contribution is 2.19. The molecule has 1 saturated heterocycles. The average Bonchev–Trinajstić information content (AvgIpc) is 2.45. The summed E-state index contributed by atoms with van der Waals surface area (Å²) >= 11 is 0. The van der Waals surface area contributed by atoms with Gasteiger partial charge in [0.15, 0.2) is 0 Å². The van der Waals surface area contributed by atoms with Crippen LogP contribution in [0.1, 0.15) is 33.6 Å². The number of likely N-dealkylation sites (tertiary alicyclic amines) is 1. The van der Waals surface area contributed by atoms with Gasteiger partial charge in [0.1, 0.15) is 0 Å². The second-order valence-corrected chi connectivity index (χ2v) is 7.16. The number of nitrogens with one attached hydrogen (secondary N) is 1. The van der Waals surface area contributed by atoms with Gasteiger partial charge >= 0.3 is 6.03 Å². The Bertz CT molecular complexity index is 386. The van der Waals surface area contributed by atoms with Crippen LogP contribution in [0.4, 0.5) is 4.79 Å². The van der Waals surface area contributed by atoms with Gasteiger partial charge in [-0.1, -0.05) is 0 Å². The highest BCUT2D eigenvalue weighted by molar-refractivity contribution is 7.89. The van der Waals surface area contributed by atoms with E-state index in [1.54, 1.807) is 4.90 Å². The van der Waals surface area contributed by atoms with Gasteiger partial charge < -0.3 is 10.2 Å². The van der Waals surface area contributed by atoms with Crippen LogP contribution in [0, 0.1) is 0 Å². The molecular formula is C10H21N3O3S. The Hall–Kier alpha value is -0.820. The van der Waals surface area contributed by atoms with E-state index in [1.165, 1.54) is 0 Å². The number of hydrogen-bond acceptors (Lipinski definition) is 3. The quantitative estimate of drug-likeness (QED) is 0.748. The van der Waals surface area contributed by atoms with Crippen LogP contribution in [0.2, 0.25) is 0 Å². The highest BCUT2D eigenvalue weighted by Gasteiger charge is 2.32. The maximum absolute atomic E-state index is 11.9. The molecule has 3 N–H and O–H groups in total. The lowest BCUT2D eigenvalue weighted by Crippen LogP contribution is -2.51. The first-order chi connectivity index (χ1) is 7.58. The maximum atomic E-state index is 11.9. The Morgan fingerprint density at radius 3 is 2.53 bits per heavy atom. The Morgan fingerprint density at radius 1 is 1.47 bits per heavy atom.